The monoisotopic (exact) mass is 415 g/mol. The SMILES string of the molecule is Cn1cc(C(=O)NCCN2CCOCC2)c2[nH]c(=O)n(-c3ccc(F)cc3)c(=O)c21. The second-order valence-corrected chi connectivity index (χ2v) is 7.13. The number of ether oxygens (including phenoxy) is 1. The second-order valence-electron chi connectivity index (χ2n) is 7.13. The summed E-state index contributed by atoms with van der Waals surface area (Å²) < 4.78 is 20.9. The van der Waals surface area contributed by atoms with Crippen molar-refractivity contribution in [1.82, 2.24) is 24.3 Å². The van der Waals surface area contributed by atoms with Gasteiger partial charge in [0.1, 0.15) is 11.3 Å². The molecule has 4 rings (SSSR count). The standard InChI is InChI=1S/C20H22FN5O4/c1-24-12-15(18(27)22-6-7-25-8-10-30-11-9-25)16-17(24)19(28)26(20(29)23-16)14-4-2-13(21)3-5-14/h2-5,12H,6-11H2,1H3,(H,22,27)(H,23,29). The molecule has 0 aliphatic carbocycles. The van der Waals surface area contributed by atoms with E-state index in [4.69, 9.17) is 4.74 Å². The van der Waals surface area contributed by atoms with Gasteiger partial charge in [-0.3, -0.25) is 14.5 Å². The number of amides is 1. The van der Waals surface area contributed by atoms with E-state index in [0.717, 1.165) is 17.7 Å². The molecule has 0 spiro atoms. The summed E-state index contributed by atoms with van der Waals surface area (Å²) in [4.78, 5) is 43.1. The van der Waals surface area contributed by atoms with Crippen molar-refractivity contribution in [3.8, 4) is 5.69 Å². The number of morpholine rings is 1. The number of nitrogens with zero attached hydrogens (tertiary/aromatic N) is 3. The van der Waals surface area contributed by atoms with Crippen LogP contribution in [0.15, 0.2) is 40.1 Å². The Hall–Kier alpha value is -3.24. The van der Waals surface area contributed by atoms with Gasteiger partial charge < -0.3 is 19.6 Å². The number of aromatic amines is 1. The van der Waals surface area contributed by atoms with Gasteiger partial charge in [-0.25, -0.2) is 13.8 Å². The summed E-state index contributed by atoms with van der Waals surface area (Å²) in [5.41, 5.74) is -0.480. The smallest absolute Gasteiger partial charge is 0.333 e. The number of nitrogens with one attached hydrogen (secondary N) is 2. The number of halogens is 1. The zero-order chi connectivity index (χ0) is 21.3. The van der Waals surface area contributed by atoms with E-state index in [1.807, 2.05) is 0 Å². The Morgan fingerprint density at radius 2 is 1.90 bits per heavy atom. The third kappa shape index (κ3) is 3.79. The van der Waals surface area contributed by atoms with Gasteiger partial charge in [-0.2, -0.15) is 0 Å². The van der Waals surface area contributed by atoms with E-state index in [1.165, 1.54) is 35.0 Å². The maximum Gasteiger partial charge on any atom is 0.333 e. The van der Waals surface area contributed by atoms with Crippen molar-refractivity contribution >= 4 is 16.9 Å². The fraction of sp³-hybridized carbons (Fsp3) is 0.350. The van der Waals surface area contributed by atoms with E-state index in [0.29, 0.717) is 26.3 Å². The molecule has 0 unspecified atom stereocenters. The third-order valence-corrected chi connectivity index (χ3v) is 5.17. The van der Waals surface area contributed by atoms with Crippen LogP contribution in [0, 0.1) is 5.82 Å². The molecule has 0 bridgehead atoms. The zero-order valence-corrected chi connectivity index (χ0v) is 16.5. The Morgan fingerprint density at radius 1 is 1.20 bits per heavy atom. The van der Waals surface area contributed by atoms with Crippen molar-refractivity contribution < 1.29 is 13.9 Å². The van der Waals surface area contributed by atoms with Gasteiger partial charge in [0, 0.05) is 39.4 Å². The van der Waals surface area contributed by atoms with Crippen molar-refractivity contribution in [3.05, 3.63) is 62.7 Å². The Bertz CT molecular complexity index is 1190. The molecule has 1 aliphatic rings. The molecule has 3 heterocycles. The molecule has 158 valence electrons. The largest absolute Gasteiger partial charge is 0.379 e. The molecule has 1 aromatic carbocycles. The van der Waals surface area contributed by atoms with Gasteiger partial charge in [-0.1, -0.05) is 0 Å². The van der Waals surface area contributed by atoms with Gasteiger partial charge in [-0.15, -0.1) is 0 Å². The van der Waals surface area contributed by atoms with Crippen molar-refractivity contribution in [2.75, 3.05) is 39.4 Å². The average Bonchev–Trinajstić information content (AvgIpc) is 3.06. The molecule has 1 aliphatic heterocycles. The molecule has 2 aromatic heterocycles. The molecule has 1 saturated heterocycles. The first kappa shape index (κ1) is 20.0. The molecule has 3 aromatic rings. The summed E-state index contributed by atoms with van der Waals surface area (Å²) in [6.07, 6.45) is 1.51. The number of fused-ring (bicyclic) bond motifs is 1. The first-order valence-corrected chi connectivity index (χ1v) is 9.64. The second kappa shape index (κ2) is 8.25. The molecule has 30 heavy (non-hydrogen) atoms. The average molecular weight is 415 g/mol. The summed E-state index contributed by atoms with van der Waals surface area (Å²) in [5, 5.41) is 2.84. The predicted molar refractivity (Wildman–Crippen MR) is 109 cm³/mol. The number of hydrogen-bond acceptors (Lipinski definition) is 5. The fourth-order valence-corrected chi connectivity index (χ4v) is 3.62. The summed E-state index contributed by atoms with van der Waals surface area (Å²) >= 11 is 0. The van der Waals surface area contributed by atoms with Gasteiger partial charge in [0.25, 0.3) is 11.5 Å². The van der Waals surface area contributed by atoms with Crippen LogP contribution in [0.2, 0.25) is 0 Å². The number of benzene rings is 1. The normalized spacial score (nSPS) is 14.9. The Morgan fingerprint density at radius 3 is 2.60 bits per heavy atom. The highest BCUT2D eigenvalue weighted by Gasteiger charge is 2.20. The van der Waals surface area contributed by atoms with Gasteiger partial charge in [0.2, 0.25) is 0 Å². The minimum atomic E-state index is -0.701. The first-order chi connectivity index (χ1) is 14.5. The van der Waals surface area contributed by atoms with E-state index in [9.17, 15) is 18.8 Å². The molecule has 1 amide bonds. The number of carbonyl (C=O) groups excluding carboxylic acids is 1. The summed E-state index contributed by atoms with van der Waals surface area (Å²) in [6, 6.07) is 5.04. The highest BCUT2D eigenvalue weighted by Crippen LogP contribution is 2.15. The van der Waals surface area contributed by atoms with Gasteiger partial charge >= 0.3 is 5.69 Å². The number of aromatic nitrogens is 3. The first-order valence-electron chi connectivity index (χ1n) is 9.64. The maximum atomic E-state index is 13.2. The van der Waals surface area contributed by atoms with Crippen LogP contribution in [0.1, 0.15) is 10.4 Å². The fourth-order valence-electron chi connectivity index (χ4n) is 3.62. The van der Waals surface area contributed by atoms with E-state index >= 15 is 0 Å². The van der Waals surface area contributed by atoms with Crippen LogP contribution in [0.5, 0.6) is 0 Å². The number of H-pyrrole nitrogens is 1. The van der Waals surface area contributed by atoms with E-state index in [2.05, 4.69) is 15.2 Å². The van der Waals surface area contributed by atoms with Crippen LogP contribution in [0.3, 0.4) is 0 Å². The van der Waals surface area contributed by atoms with E-state index in [-0.39, 0.29) is 28.2 Å². The highest BCUT2D eigenvalue weighted by atomic mass is 19.1. The van der Waals surface area contributed by atoms with Crippen molar-refractivity contribution in [2.24, 2.45) is 7.05 Å². The molecule has 1 fully saturated rings. The number of rotatable bonds is 5. The van der Waals surface area contributed by atoms with Crippen molar-refractivity contribution in [1.29, 1.82) is 0 Å². The Labute approximate surface area is 170 Å². The van der Waals surface area contributed by atoms with E-state index < -0.39 is 17.1 Å². The highest BCUT2D eigenvalue weighted by molar-refractivity contribution is 6.05. The molecule has 10 heteroatoms. The van der Waals surface area contributed by atoms with Crippen LogP contribution < -0.4 is 16.6 Å². The minimum Gasteiger partial charge on any atom is -0.379 e. The lowest BCUT2D eigenvalue weighted by Gasteiger charge is -2.26. The van der Waals surface area contributed by atoms with Crippen LogP contribution >= 0.6 is 0 Å². The molecular formula is C20H22FN5O4. The lowest BCUT2D eigenvalue weighted by atomic mass is 10.2. The van der Waals surface area contributed by atoms with Crippen LogP contribution in [0.4, 0.5) is 4.39 Å². The minimum absolute atomic E-state index is 0.176. The molecular weight excluding hydrogens is 393 g/mol. The number of hydrogen-bond donors (Lipinski definition) is 2. The van der Waals surface area contributed by atoms with Crippen molar-refractivity contribution in [3.63, 3.8) is 0 Å². The quantitative estimate of drug-likeness (QED) is 0.621. The Balaban J connectivity index is 1.62. The van der Waals surface area contributed by atoms with Gasteiger partial charge in [0.05, 0.1) is 30.0 Å². The van der Waals surface area contributed by atoms with Crippen molar-refractivity contribution in [2.45, 2.75) is 0 Å². The molecule has 0 atom stereocenters. The number of aryl methyl sites for hydroxylation is 1. The van der Waals surface area contributed by atoms with Crippen LogP contribution in [-0.4, -0.2) is 64.3 Å². The summed E-state index contributed by atoms with van der Waals surface area (Å²) in [7, 11) is 1.63. The summed E-state index contributed by atoms with van der Waals surface area (Å²) in [6.45, 7) is 4.12. The van der Waals surface area contributed by atoms with Gasteiger partial charge in [-0.05, 0) is 24.3 Å². The molecule has 0 radical (unpaired) electrons. The predicted octanol–water partition coefficient (Wildman–Crippen LogP) is 0.219. The van der Waals surface area contributed by atoms with E-state index in [1.54, 1.807) is 7.05 Å². The Kier molecular flexibility index (Phi) is 5.51. The van der Waals surface area contributed by atoms with Gasteiger partial charge in [0.15, 0.2) is 0 Å². The zero-order valence-electron chi connectivity index (χ0n) is 16.5. The lowest BCUT2D eigenvalue weighted by molar-refractivity contribution is 0.0383. The third-order valence-electron chi connectivity index (χ3n) is 5.17. The molecule has 0 saturated carbocycles. The number of carbonyl (C=O) groups is 1. The molecule has 9 nitrogen and oxygen atoms in total. The lowest BCUT2D eigenvalue weighted by Crippen LogP contribution is -2.41. The van der Waals surface area contributed by atoms with Crippen LogP contribution in [0.25, 0.3) is 16.7 Å². The molecule has 2 N–H and O–H groups in total. The van der Waals surface area contributed by atoms with Crippen LogP contribution in [-0.2, 0) is 11.8 Å². The topological polar surface area (TPSA) is 101 Å². The summed E-state index contributed by atoms with van der Waals surface area (Å²) in [5.74, 6) is -0.845. The maximum absolute atomic E-state index is 13.2.